The Morgan fingerprint density at radius 3 is 2.56 bits per heavy atom. The number of halogens is 2. The van der Waals surface area contributed by atoms with Crippen LogP contribution in [-0.2, 0) is 10.0 Å². The molecule has 0 bridgehead atoms. The van der Waals surface area contributed by atoms with Crippen molar-refractivity contribution in [3.05, 3.63) is 22.7 Å². The van der Waals surface area contributed by atoms with Crippen LogP contribution in [0.25, 0.3) is 0 Å². The normalized spacial score (nSPS) is 18.4. The number of carbonyl (C=O) groups excluding carboxylic acids is 1. The van der Waals surface area contributed by atoms with Gasteiger partial charge in [-0.15, -0.1) is 12.4 Å². The van der Waals surface area contributed by atoms with Gasteiger partial charge in [-0.1, -0.05) is 11.6 Å². The molecule has 10 heteroatoms. The highest BCUT2D eigenvalue weighted by Gasteiger charge is 2.33. The first kappa shape index (κ1) is 22.0. The van der Waals surface area contributed by atoms with Crippen LogP contribution in [-0.4, -0.2) is 70.4 Å². The van der Waals surface area contributed by atoms with E-state index in [0.717, 1.165) is 0 Å². The van der Waals surface area contributed by atoms with Crippen molar-refractivity contribution >= 4 is 39.9 Å². The topological polar surface area (TPSA) is 79.0 Å². The fourth-order valence-electron chi connectivity index (χ4n) is 2.62. The molecule has 0 radical (unpaired) electrons. The minimum absolute atomic E-state index is 0. The molecule has 1 heterocycles. The quantitative estimate of drug-likeness (QED) is 0.810. The van der Waals surface area contributed by atoms with Crippen molar-refractivity contribution in [2.75, 3.05) is 40.8 Å². The maximum atomic E-state index is 13.0. The fraction of sp³-hybridized carbons (Fsp3) is 0.533. The molecule has 1 aliphatic rings. The van der Waals surface area contributed by atoms with Crippen LogP contribution in [0.1, 0.15) is 17.3 Å². The van der Waals surface area contributed by atoms with Crippen LogP contribution in [0.15, 0.2) is 17.0 Å². The zero-order valence-electron chi connectivity index (χ0n) is 14.6. The van der Waals surface area contributed by atoms with Gasteiger partial charge in [0.25, 0.3) is 5.91 Å². The minimum atomic E-state index is -3.83. The Morgan fingerprint density at radius 2 is 2.04 bits per heavy atom. The summed E-state index contributed by atoms with van der Waals surface area (Å²) in [6, 6.07) is 2.79. The lowest BCUT2D eigenvalue weighted by Crippen LogP contribution is -2.51. The molecular formula is C15H23Cl2N3O4S. The van der Waals surface area contributed by atoms with Crippen molar-refractivity contribution in [2.24, 2.45) is 0 Å². The summed E-state index contributed by atoms with van der Waals surface area (Å²) in [6.45, 7) is 3.17. The average molecular weight is 412 g/mol. The molecule has 1 aliphatic heterocycles. The van der Waals surface area contributed by atoms with Gasteiger partial charge < -0.3 is 15.0 Å². The van der Waals surface area contributed by atoms with Crippen LogP contribution in [0.4, 0.5) is 0 Å². The van der Waals surface area contributed by atoms with E-state index < -0.39 is 10.0 Å². The van der Waals surface area contributed by atoms with E-state index >= 15 is 0 Å². The third-order valence-electron chi connectivity index (χ3n) is 3.81. The van der Waals surface area contributed by atoms with Crippen LogP contribution in [0.5, 0.6) is 5.75 Å². The predicted octanol–water partition coefficient (Wildman–Crippen LogP) is 1.45. The molecule has 0 unspecified atom stereocenters. The van der Waals surface area contributed by atoms with Gasteiger partial charge in [0.1, 0.15) is 4.90 Å². The van der Waals surface area contributed by atoms with Crippen LogP contribution < -0.4 is 10.1 Å². The molecule has 2 rings (SSSR count). The van der Waals surface area contributed by atoms with Gasteiger partial charge in [0, 0.05) is 44.8 Å². The zero-order valence-corrected chi connectivity index (χ0v) is 17.0. The zero-order chi connectivity index (χ0) is 18.1. The predicted molar refractivity (Wildman–Crippen MR) is 99.5 cm³/mol. The van der Waals surface area contributed by atoms with Crippen LogP contribution in [0.2, 0.25) is 5.02 Å². The van der Waals surface area contributed by atoms with Crippen LogP contribution in [0, 0.1) is 0 Å². The number of benzene rings is 1. The van der Waals surface area contributed by atoms with Crippen molar-refractivity contribution in [1.82, 2.24) is 14.5 Å². The molecule has 0 aliphatic carbocycles. The van der Waals surface area contributed by atoms with Crippen molar-refractivity contribution in [1.29, 1.82) is 0 Å². The number of ether oxygens (including phenoxy) is 1. The van der Waals surface area contributed by atoms with Gasteiger partial charge in [0.15, 0.2) is 5.75 Å². The molecule has 7 nitrogen and oxygen atoms in total. The second-order valence-corrected chi connectivity index (χ2v) is 8.25. The third-order valence-corrected chi connectivity index (χ3v) is 5.90. The maximum absolute atomic E-state index is 13.0. The van der Waals surface area contributed by atoms with E-state index in [1.165, 1.54) is 28.4 Å². The summed E-state index contributed by atoms with van der Waals surface area (Å²) >= 11 is 6.08. The number of rotatable bonds is 4. The van der Waals surface area contributed by atoms with Gasteiger partial charge in [0.2, 0.25) is 10.0 Å². The first-order valence-electron chi connectivity index (χ1n) is 7.51. The summed E-state index contributed by atoms with van der Waals surface area (Å²) in [5, 5.41) is 3.37. The summed E-state index contributed by atoms with van der Waals surface area (Å²) in [7, 11) is 0.670. The Labute approximate surface area is 159 Å². The minimum Gasteiger partial charge on any atom is -0.494 e. The molecule has 1 aromatic carbocycles. The van der Waals surface area contributed by atoms with E-state index in [4.69, 9.17) is 16.3 Å². The first-order chi connectivity index (χ1) is 11.2. The monoisotopic (exact) mass is 411 g/mol. The van der Waals surface area contributed by atoms with Gasteiger partial charge >= 0.3 is 0 Å². The SMILES string of the molecule is COc1c(C(=O)N(C)C)cc(Cl)cc1S(=O)(=O)N1CCN[C@@H](C)C1.Cl. The molecule has 25 heavy (non-hydrogen) atoms. The molecule has 1 fully saturated rings. The summed E-state index contributed by atoms with van der Waals surface area (Å²) < 4.78 is 32.7. The maximum Gasteiger partial charge on any atom is 0.257 e. The highest BCUT2D eigenvalue weighted by molar-refractivity contribution is 7.89. The van der Waals surface area contributed by atoms with E-state index in [1.54, 1.807) is 14.1 Å². The van der Waals surface area contributed by atoms with E-state index in [2.05, 4.69) is 5.32 Å². The van der Waals surface area contributed by atoms with Crippen molar-refractivity contribution in [3.63, 3.8) is 0 Å². The fourth-order valence-corrected chi connectivity index (χ4v) is 4.64. The Hall–Kier alpha value is -1.06. The average Bonchev–Trinajstić information content (AvgIpc) is 2.53. The van der Waals surface area contributed by atoms with Gasteiger partial charge in [-0.05, 0) is 19.1 Å². The van der Waals surface area contributed by atoms with E-state index in [9.17, 15) is 13.2 Å². The molecule has 0 aromatic heterocycles. The summed E-state index contributed by atoms with van der Waals surface area (Å²) in [5.74, 6) is -0.358. The van der Waals surface area contributed by atoms with E-state index in [-0.39, 0.29) is 45.6 Å². The first-order valence-corrected chi connectivity index (χ1v) is 9.33. The molecule has 1 saturated heterocycles. The number of sulfonamides is 1. The number of piperazine rings is 1. The van der Waals surface area contributed by atoms with Crippen LogP contribution in [0.3, 0.4) is 0 Å². The molecule has 1 atom stereocenters. The van der Waals surface area contributed by atoms with Gasteiger partial charge in [-0.25, -0.2) is 8.42 Å². The summed E-state index contributed by atoms with van der Waals surface area (Å²) in [5.41, 5.74) is 0.122. The van der Waals surface area contributed by atoms with Gasteiger partial charge in [0.05, 0.1) is 12.7 Å². The van der Waals surface area contributed by atoms with Gasteiger partial charge in [-0.3, -0.25) is 4.79 Å². The molecule has 142 valence electrons. The number of hydrogen-bond acceptors (Lipinski definition) is 5. The Balaban J connectivity index is 0.00000312. The number of methoxy groups -OCH3 is 1. The van der Waals surface area contributed by atoms with Crippen LogP contribution >= 0.6 is 24.0 Å². The van der Waals surface area contributed by atoms with Crippen molar-refractivity contribution in [3.8, 4) is 5.75 Å². The Kier molecular flexibility index (Phi) is 7.52. The lowest BCUT2D eigenvalue weighted by molar-refractivity contribution is 0.0823. The smallest absolute Gasteiger partial charge is 0.257 e. The lowest BCUT2D eigenvalue weighted by Gasteiger charge is -2.31. The number of hydrogen-bond donors (Lipinski definition) is 1. The number of nitrogens with zero attached hydrogens (tertiary/aromatic N) is 2. The summed E-state index contributed by atoms with van der Waals surface area (Å²) in [4.78, 5) is 13.6. The van der Waals surface area contributed by atoms with E-state index in [1.807, 2.05) is 6.92 Å². The number of carbonyl (C=O) groups is 1. The molecule has 1 amide bonds. The highest BCUT2D eigenvalue weighted by Crippen LogP contribution is 2.34. The molecule has 1 N–H and O–H groups in total. The largest absolute Gasteiger partial charge is 0.494 e. The highest BCUT2D eigenvalue weighted by atomic mass is 35.5. The Bertz CT molecular complexity index is 741. The van der Waals surface area contributed by atoms with Gasteiger partial charge in [-0.2, -0.15) is 4.31 Å². The molecule has 0 saturated carbocycles. The standard InChI is InChI=1S/C15H22ClN3O4S.ClH/c1-10-9-19(6-5-17-10)24(21,22)13-8-11(16)7-12(14(13)23-4)15(20)18(2)3;/h7-8,10,17H,5-6,9H2,1-4H3;1H/t10-;/m0./s1. The second kappa shape index (κ2) is 8.55. The molecule has 1 aromatic rings. The summed E-state index contributed by atoms with van der Waals surface area (Å²) in [6.07, 6.45) is 0. The van der Waals surface area contributed by atoms with Crippen molar-refractivity contribution in [2.45, 2.75) is 17.9 Å². The number of nitrogens with one attached hydrogen (secondary N) is 1. The Morgan fingerprint density at radius 1 is 1.40 bits per heavy atom. The number of amides is 1. The lowest BCUT2D eigenvalue weighted by atomic mass is 10.2. The third kappa shape index (κ3) is 4.57. The molecule has 0 spiro atoms. The van der Waals surface area contributed by atoms with E-state index in [0.29, 0.717) is 19.6 Å². The second-order valence-electron chi connectivity index (χ2n) is 5.90. The van der Waals surface area contributed by atoms with Crippen molar-refractivity contribution < 1.29 is 17.9 Å². The molecular weight excluding hydrogens is 389 g/mol.